The molecule has 0 spiro atoms. The molecule has 0 bridgehead atoms. The molecule has 5 aromatic rings. The molecule has 0 amide bonds. The van der Waals surface area contributed by atoms with Crippen molar-refractivity contribution in [3.63, 3.8) is 0 Å². The number of pyridine rings is 1. The second kappa shape index (κ2) is 11.1. The number of nitrogens with zero attached hydrogens (tertiary/aromatic N) is 3. The fourth-order valence-corrected chi connectivity index (χ4v) is 7.23. The van der Waals surface area contributed by atoms with Gasteiger partial charge < -0.3 is 14.5 Å². The monoisotopic (exact) mass is 578 g/mol. The van der Waals surface area contributed by atoms with Crippen LogP contribution in [0, 0.1) is 0 Å². The summed E-state index contributed by atoms with van der Waals surface area (Å²) in [5.74, 6) is 2.35. The molecule has 0 atom stereocenters. The number of aromatic nitrogens is 3. The Morgan fingerprint density at radius 2 is 1.52 bits per heavy atom. The van der Waals surface area contributed by atoms with Crippen molar-refractivity contribution in [2.24, 2.45) is 0 Å². The van der Waals surface area contributed by atoms with Gasteiger partial charge in [-0.05, 0) is 59.9 Å². The first kappa shape index (κ1) is 26.4. The van der Waals surface area contributed by atoms with E-state index in [1.54, 1.807) is 10.5 Å². The van der Waals surface area contributed by atoms with Gasteiger partial charge in [-0.15, -0.1) is 0 Å². The Morgan fingerprint density at radius 3 is 2.29 bits per heavy atom. The molecule has 1 fully saturated rings. The maximum absolute atomic E-state index is 13.3. The zero-order chi connectivity index (χ0) is 28.5. The Balaban J connectivity index is 1.07. The van der Waals surface area contributed by atoms with E-state index in [0.717, 1.165) is 50.9 Å². The van der Waals surface area contributed by atoms with E-state index in [9.17, 15) is 8.42 Å². The maximum atomic E-state index is 13.3. The number of aromatic amines is 1. The summed E-state index contributed by atoms with van der Waals surface area (Å²) < 4.78 is 39.4. The van der Waals surface area contributed by atoms with Crippen LogP contribution in [-0.2, 0) is 15.8 Å². The second-order valence-electron chi connectivity index (χ2n) is 10.6. The number of piperidine rings is 1. The predicted octanol–water partition coefficient (Wildman–Crippen LogP) is 6.24. The van der Waals surface area contributed by atoms with Gasteiger partial charge in [-0.3, -0.25) is 4.98 Å². The molecule has 212 valence electrons. The first-order chi connectivity index (χ1) is 20.5. The summed E-state index contributed by atoms with van der Waals surface area (Å²) in [4.78, 5) is 13.1. The summed E-state index contributed by atoms with van der Waals surface area (Å²) in [5, 5.41) is 0. The quantitative estimate of drug-likeness (QED) is 0.245. The zero-order valence-electron chi connectivity index (χ0n) is 22.9. The number of nitrogens with one attached hydrogen (secondary N) is 1. The van der Waals surface area contributed by atoms with Crippen LogP contribution >= 0.6 is 0 Å². The van der Waals surface area contributed by atoms with Crippen LogP contribution in [0.15, 0.2) is 97.2 Å². The molecule has 0 saturated carbocycles. The Morgan fingerprint density at radius 1 is 0.810 bits per heavy atom. The lowest BCUT2D eigenvalue weighted by Crippen LogP contribution is -2.38. The molecule has 9 heteroatoms. The van der Waals surface area contributed by atoms with E-state index in [0.29, 0.717) is 31.7 Å². The molecule has 0 aliphatic carbocycles. The summed E-state index contributed by atoms with van der Waals surface area (Å²) in [5.41, 5.74) is 6.29. The molecule has 7 rings (SSSR count). The summed E-state index contributed by atoms with van der Waals surface area (Å²) in [6.45, 7) is 1.11. The highest BCUT2D eigenvalue weighted by molar-refractivity contribution is 7.88. The number of hydrogen-bond acceptors (Lipinski definition) is 6. The molecule has 0 radical (unpaired) electrons. The lowest BCUT2D eigenvalue weighted by atomic mass is 9.97. The van der Waals surface area contributed by atoms with E-state index in [4.69, 9.17) is 14.5 Å². The number of rotatable bonds is 7. The summed E-state index contributed by atoms with van der Waals surface area (Å²) >= 11 is 0. The first-order valence-corrected chi connectivity index (χ1v) is 15.7. The van der Waals surface area contributed by atoms with E-state index >= 15 is 0 Å². The third-order valence-corrected chi connectivity index (χ3v) is 9.78. The zero-order valence-corrected chi connectivity index (χ0v) is 23.8. The van der Waals surface area contributed by atoms with Gasteiger partial charge in [-0.1, -0.05) is 60.7 Å². The van der Waals surface area contributed by atoms with E-state index in [-0.39, 0.29) is 18.5 Å². The maximum Gasteiger partial charge on any atom is 0.231 e. The largest absolute Gasteiger partial charge is 0.454 e. The van der Waals surface area contributed by atoms with E-state index < -0.39 is 10.0 Å². The minimum Gasteiger partial charge on any atom is -0.454 e. The van der Waals surface area contributed by atoms with Crippen LogP contribution in [0.3, 0.4) is 0 Å². The second-order valence-corrected chi connectivity index (χ2v) is 12.6. The molecule has 4 heterocycles. The van der Waals surface area contributed by atoms with Crippen molar-refractivity contribution >= 4 is 10.0 Å². The highest BCUT2D eigenvalue weighted by atomic mass is 32.2. The van der Waals surface area contributed by atoms with Crippen molar-refractivity contribution in [3.8, 4) is 45.3 Å². The molecule has 2 aliphatic rings. The Hall–Kier alpha value is -4.47. The van der Waals surface area contributed by atoms with Crippen LogP contribution in [0.4, 0.5) is 0 Å². The van der Waals surface area contributed by atoms with Gasteiger partial charge in [0.05, 0.1) is 22.8 Å². The molecule has 2 aliphatic heterocycles. The van der Waals surface area contributed by atoms with Crippen molar-refractivity contribution in [3.05, 3.63) is 109 Å². The molecule has 2 aromatic heterocycles. The molecule has 1 saturated heterocycles. The van der Waals surface area contributed by atoms with Crippen molar-refractivity contribution in [2.75, 3.05) is 19.9 Å². The van der Waals surface area contributed by atoms with Crippen molar-refractivity contribution < 1.29 is 17.9 Å². The number of benzene rings is 3. The third kappa shape index (κ3) is 5.29. The summed E-state index contributed by atoms with van der Waals surface area (Å²) in [6.07, 6.45) is 3.13. The van der Waals surface area contributed by atoms with Gasteiger partial charge >= 0.3 is 0 Å². The van der Waals surface area contributed by atoms with Gasteiger partial charge in [-0.25, -0.2) is 17.7 Å². The number of ether oxygens (including phenoxy) is 2. The standard InChI is InChI=1S/C33H30N4O4S/c38-42(39,21-23-9-11-25(12-10-23)24-6-2-1-3-7-24)37-18-15-26(16-19-37)33-35-31(32(36-33)28-8-4-5-17-34-28)27-13-14-29-30(20-27)41-22-40-29/h1-14,17,20,26H,15-16,18-19,21-22H2,(H,35,36). The molecule has 42 heavy (non-hydrogen) atoms. The lowest BCUT2D eigenvalue weighted by molar-refractivity contribution is 0.174. The third-order valence-electron chi connectivity index (χ3n) is 7.93. The normalized spacial score (nSPS) is 15.6. The molecule has 1 N–H and O–H groups in total. The van der Waals surface area contributed by atoms with Crippen LogP contribution < -0.4 is 9.47 Å². The highest BCUT2D eigenvalue weighted by Crippen LogP contribution is 2.39. The average Bonchev–Trinajstić information content (AvgIpc) is 3.70. The minimum absolute atomic E-state index is 0.00836. The minimum atomic E-state index is -3.45. The fraction of sp³-hybridized carbons (Fsp3) is 0.212. The molecular weight excluding hydrogens is 548 g/mol. The van der Waals surface area contributed by atoms with Gasteiger partial charge in [0.1, 0.15) is 5.82 Å². The number of imidazole rings is 1. The van der Waals surface area contributed by atoms with Gasteiger partial charge in [0, 0.05) is 30.8 Å². The van der Waals surface area contributed by atoms with Crippen LogP contribution in [-0.4, -0.2) is 47.6 Å². The average molecular weight is 579 g/mol. The van der Waals surface area contributed by atoms with E-state index in [1.165, 1.54) is 0 Å². The fourth-order valence-electron chi connectivity index (χ4n) is 5.67. The molecule has 8 nitrogen and oxygen atoms in total. The van der Waals surface area contributed by atoms with Gasteiger partial charge in [0.25, 0.3) is 0 Å². The van der Waals surface area contributed by atoms with E-state index in [2.05, 4.69) is 9.97 Å². The predicted molar refractivity (Wildman–Crippen MR) is 161 cm³/mol. The van der Waals surface area contributed by atoms with Crippen LogP contribution in [0.5, 0.6) is 11.5 Å². The summed E-state index contributed by atoms with van der Waals surface area (Å²) in [7, 11) is -3.45. The number of sulfonamides is 1. The van der Waals surface area contributed by atoms with Crippen LogP contribution in [0.25, 0.3) is 33.8 Å². The van der Waals surface area contributed by atoms with Crippen LogP contribution in [0.1, 0.15) is 30.1 Å². The van der Waals surface area contributed by atoms with Crippen molar-refractivity contribution in [2.45, 2.75) is 24.5 Å². The Bertz CT molecular complexity index is 1800. The molecule has 0 unspecified atom stereocenters. The van der Waals surface area contributed by atoms with Gasteiger partial charge in [0.2, 0.25) is 16.8 Å². The first-order valence-electron chi connectivity index (χ1n) is 14.1. The lowest BCUT2D eigenvalue weighted by Gasteiger charge is -2.30. The van der Waals surface area contributed by atoms with Crippen molar-refractivity contribution in [1.82, 2.24) is 19.3 Å². The SMILES string of the molecule is O=S(=O)(Cc1ccc(-c2ccccc2)cc1)N1CCC(c2nc(-c3ccc4c(c3)OCO4)c(-c3ccccn3)[nH]2)CC1. The smallest absolute Gasteiger partial charge is 0.231 e. The summed E-state index contributed by atoms with van der Waals surface area (Å²) in [6, 6.07) is 29.5. The number of H-pyrrole nitrogens is 1. The highest BCUT2D eigenvalue weighted by Gasteiger charge is 2.31. The number of fused-ring (bicyclic) bond motifs is 1. The Kier molecular flexibility index (Phi) is 6.97. The van der Waals surface area contributed by atoms with Gasteiger partial charge in [0.15, 0.2) is 11.5 Å². The molecule has 3 aromatic carbocycles. The van der Waals surface area contributed by atoms with Crippen molar-refractivity contribution in [1.29, 1.82) is 0 Å². The van der Waals surface area contributed by atoms with Crippen LogP contribution in [0.2, 0.25) is 0 Å². The Labute approximate surface area is 245 Å². The molecular formula is C33H30N4O4S. The number of hydrogen-bond donors (Lipinski definition) is 1. The topological polar surface area (TPSA) is 97.4 Å². The van der Waals surface area contributed by atoms with E-state index in [1.807, 2.05) is 91.0 Å². The van der Waals surface area contributed by atoms with Gasteiger partial charge in [-0.2, -0.15) is 0 Å².